The molecule has 0 spiro atoms. The van der Waals surface area contributed by atoms with Crippen LogP contribution in [0.25, 0.3) is 0 Å². The first-order valence-electron chi connectivity index (χ1n) is 3.99. The summed E-state index contributed by atoms with van der Waals surface area (Å²) < 4.78 is 0.634. The fraction of sp³-hybridized carbons (Fsp3) is 0. The number of tetrazole rings is 1. The third-order valence-electron chi connectivity index (χ3n) is 1.52. The Morgan fingerprint density at radius 3 is 2.87 bits per heavy atom. The van der Waals surface area contributed by atoms with Crippen LogP contribution in [-0.4, -0.2) is 30.2 Å². The largest absolute Gasteiger partial charge is 0.283 e. The van der Waals surface area contributed by atoms with Crippen molar-refractivity contribution in [2.24, 2.45) is 5.10 Å². The standard InChI is InChI=1S/C7H6BrN7/c8-6(5-1-3-9-4-2-5)10-11-7-12-14-15-13-7/h1-4H,(H2,11,12,13,14,15)/b10-6-. The van der Waals surface area contributed by atoms with E-state index in [1.807, 2.05) is 12.1 Å². The smallest absolute Gasteiger partial charge is 0.265 e. The molecule has 0 aliphatic carbocycles. The molecule has 2 N–H and O–H groups in total. The monoisotopic (exact) mass is 267 g/mol. The summed E-state index contributed by atoms with van der Waals surface area (Å²) in [5, 5.41) is 17.1. The van der Waals surface area contributed by atoms with Crippen molar-refractivity contribution in [3.05, 3.63) is 30.1 Å². The second-order valence-corrected chi connectivity index (χ2v) is 3.24. The maximum Gasteiger partial charge on any atom is 0.283 e. The van der Waals surface area contributed by atoms with E-state index in [-0.39, 0.29) is 0 Å². The van der Waals surface area contributed by atoms with Crippen LogP contribution in [0.15, 0.2) is 29.6 Å². The number of aromatic amines is 1. The second-order valence-electron chi connectivity index (χ2n) is 2.49. The van der Waals surface area contributed by atoms with Crippen LogP contribution in [0, 0.1) is 0 Å². The second kappa shape index (κ2) is 4.60. The van der Waals surface area contributed by atoms with Crippen molar-refractivity contribution < 1.29 is 0 Å². The summed E-state index contributed by atoms with van der Waals surface area (Å²) in [7, 11) is 0. The number of hydrogen-bond donors (Lipinski definition) is 2. The number of hydrogen-bond acceptors (Lipinski definition) is 6. The van der Waals surface area contributed by atoms with E-state index in [0.29, 0.717) is 10.6 Å². The van der Waals surface area contributed by atoms with Crippen molar-refractivity contribution in [3.63, 3.8) is 0 Å². The van der Waals surface area contributed by atoms with Gasteiger partial charge in [-0.2, -0.15) is 10.3 Å². The lowest BCUT2D eigenvalue weighted by molar-refractivity contribution is 0.881. The lowest BCUT2D eigenvalue weighted by atomic mass is 10.3. The number of rotatable bonds is 3. The van der Waals surface area contributed by atoms with Gasteiger partial charge in [-0.15, -0.1) is 5.10 Å². The van der Waals surface area contributed by atoms with E-state index in [0.717, 1.165) is 5.56 Å². The zero-order valence-electron chi connectivity index (χ0n) is 7.42. The molecule has 0 saturated carbocycles. The van der Waals surface area contributed by atoms with Gasteiger partial charge in [-0.1, -0.05) is 5.10 Å². The zero-order chi connectivity index (χ0) is 10.5. The lowest BCUT2D eigenvalue weighted by Crippen LogP contribution is -1.97. The van der Waals surface area contributed by atoms with Gasteiger partial charge in [-0.3, -0.25) is 4.98 Å². The van der Waals surface area contributed by atoms with Gasteiger partial charge in [0.15, 0.2) is 0 Å². The SMILES string of the molecule is Br/C(=N\Nc1nn[nH]n1)c1ccncc1. The van der Waals surface area contributed by atoms with E-state index in [2.05, 4.69) is 52.1 Å². The van der Waals surface area contributed by atoms with E-state index in [9.17, 15) is 0 Å². The van der Waals surface area contributed by atoms with Gasteiger partial charge in [-0.25, -0.2) is 5.43 Å². The Morgan fingerprint density at radius 2 is 2.20 bits per heavy atom. The molecule has 0 aliphatic heterocycles. The average Bonchev–Trinajstić information content (AvgIpc) is 2.80. The van der Waals surface area contributed by atoms with Crippen LogP contribution in [0.3, 0.4) is 0 Å². The van der Waals surface area contributed by atoms with Crippen molar-refractivity contribution in [3.8, 4) is 0 Å². The average molecular weight is 268 g/mol. The molecule has 0 aliphatic rings. The van der Waals surface area contributed by atoms with E-state index >= 15 is 0 Å². The Kier molecular flexibility index (Phi) is 2.98. The van der Waals surface area contributed by atoms with Gasteiger partial charge in [0.05, 0.1) is 0 Å². The molecule has 8 heteroatoms. The van der Waals surface area contributed by atoms with Gasteiger partial charge in [0, 0.05) is 18.0 Å². The molecule has 2 aromatic heterocycles. The number of nitrogens with zero attached hydrogens (tertiary/aromatic N) is 5. The van der Waals surface area contributed by atoms with Gasteiger partial charge in [-0.05, 0) is 33.3 Å². The predicted molar refractivity (Wildman–Crippen MR) is 57.5 cm³/mol. The third-order valence-corrected chi connectivity index (χ3v) is 2.15. The summed E-state index contributed by atoms with van der Waals surface area (Å²) in [6.45, 7) is 0. The number of pyridine rings is 1. The Hall–Kier alpha value is -1.83. The molecule has 2 heterocycles. The Bertz CT molecular complexity index is 438. The molecule has 0 aromatic carbocycles. The number of H-pyrrole nitrogens is 1. The normalized spacial score (nSPS) is 11.4. The van der Waals surface area contributed by atoms with E-state index in [1.54, 1.807) is 12.4 Å². The molecule has 0 fully saturated rings. The molecule has 0 saturated heterocycles. The first kappa shape index (κ1) is 9.71. The fourth-order valence-electron chi connectivity index (χ4n) is 0.862. The molecular weight excluding hydrogens is 262 g/mol. The van der Waals surface area contributed by atoms with Crippen molar-refractivity contribution in [2.75, 3.05) is 5.43 Å². The van der Waals surface area contributed by atoms with Crippen LogP contribution in [0.4, 0.5) is 5.95 Å². The van der Waals surface area contributed by atoms with Gasteiger partial charge < -0.3 is 0 Å². The maximum absolute atomic E-state index is 4.01. The molecule has 0 atom stereocenters. The molecule has 2 rings (SSSR count). The summed E-state index contributed by atoms with van der Waals surface area (Å²) >= 11 is 3.31. The van der Waals surface area contributed by atoms with Gasteiger partial charge in [0.2, 0.25) is 0 Å². The van der Waals surface area contributed by atoms with Crippen LogP contribution >= 0.6 is 15.9 Å². The predicted octanol–water partition coefficient (Wildman–Crippen LogP) is 0.763. The molecule has 7 nitrogen and oxygen atoms in total. The van der Waals surface area contributed by atoms with E-state index in [1.165, 1.54) is 0 Å². The molecule has 76 valence electrons. The molecule has 0 amide bonds. The van der Waals surface area contributed by atoms with Crippen molar-refractivity contribution >= 4 is 26.5 Å². The lowest BCUT2D eigenvalue weighted by Gasteiger charge is -1.97. The number of nitrogens with one attached hydrogen (secondary N) is 2. The Labute approximate surface area is 93.1 Å². The number of hydrazone groups is 1. The highest BCUT2D eigenvalue weighted by atomic mass is 79.9. The highest BCUT2D eigenvalue weighted by Crippen LogP contribution is 2.05. The topological polar surface area (TPSA) is 91.7 Å². The zero-order valence-corrected chi connectivity index (χ0v) is 9.01. The van der Waals surface area contributed by atoms with E-state index < -0.39 is 0 Å². The molecular formula is C7H6BrN7. The quantitative estimate of drug-likeness (QED) is 0.633. The minimum Gasteiger partial charge on any atom is -0.265 e. The van der Waals surface area contributed by atoms with Crippen LogP contribution in [-0.2, 0) is 0 Å². The summed E-state index contributed by atoms with van der Waals surface area (Å²) in [6, 6.07) is 3.65. The summed E-state index contributed by atoms with van der Waals surface area (Å²) in [4.78, 5) is 3.90. The van der Waals surface area contributed by atoms with Gasteiger partial charge >= 0.3 is 0 Å². The number of aromatic nitrogens is 5. The highest BCUT2D eigenvalue weighted by Gasteiger charge is 1.99. The van der Waals surface area contributed by atoms with Crippen LogP contribution < -0.4 is 5.43 Å². The third kappa shape index (κ3) is 2.56. The minimum absolute atomic E-state index is 0.306. The van der Waals surface area contributed by atoms with Crippen LogP contribution in [0.5, 0.6) is 0 Å². The first-order valence-corrected chi connectivity index (χ1v) is 4.78. The Balaban J connectivity index is 2.08. The minimum atomic E-state index is 0.306. The fourth-order valence-corrected chi connectivity index (χ4v) is 1.22. The van der Waals surface area contributed by atoms with Crippen molar-refractivity contribution in [1.82, 2.24) is 25.6 Å². The van der Waals surface area contributed by atoms with E-state index in [4.69, 9.17) is 0 Å². The summed E-state index contributed by atoms with van der Waals surface area (Å²) in [5.74, 6) is 0.306. The van der Waals surface area contributed by atoms with Crippen molar-refractivity contribution in [2.45, 2.75) is 0 Å². The molecule has 0 radical (unpaired) electrons. The first-order chi connectivity index (χ1) is 7.36. The Morgan fingerprint density at radius 1 is 1.40 bits per heavy atom. The summed E-state index contributed by atoms with van der Waals surface area (Å²) in [6.07, 6.45) is 3.36. The highest BCUT2D eigenvalue weighted by molar-refractivity contribution is 9.18. The summed E-state index contributed by atoms with van der Waals surface area (Å²) in [5.41, 5.74) is 3.53. The molecule has 15 heavy (non-hydrogen) atoms. The van der Waals surface area contributed by atoms with Gasteiger partial charge in [0.25, 0.3) is 5.95 Å². The number of anilines is 1. The molecule has 0 bridgehead atoms. The molecule has 0 unspecified atom stereocenters. The van der Waals surface area contributed by atoms with Gasteiger partial charge in [0.1, 0.15) is 4.62 Å². The maximum atomic E-state index is 4.01. The van der Waals surface area contributed by atoms with Crippen LogP contribution in [0.2, 0.25) is 0 Å². The van der Waals surface area contributed by atoms with Crippen LogP contribution in [0.1, 0.15) is 5.56 Å². The molecule has 2 aromatic rings. The van der Waals surface area contributed by atoms with Crippen molar-refractivity contribution in [1.29, 1.82) is 0 Å². The number of halogens is 1.